The lowest BCUT2D eigenvalue weighted by Crippen LogP contribution is -2.51. The first-order chi connectivity index (χ1) is 13.6. The van der Waals surface area contributed by atoms with E-state index in [0.29, 0.717) is 18.8 Å². The quantitative estimate of drug-likeness (QED) is 0.490. The predicted octanol–water partition coefficient (Wildman–Crippen LogP) is 2.93. The zero-order valence-electron chi connectivity index (χ0n) is 18.2. The Morgan fingerprint density at radius 3 is 2.55 bits per heavy atom. The molecule has 1 amide bonds. The van der Waals surface area contributed by atoms with E-state index in [4.69, 9.17) is 0 Å². The number of carbonyl (C=O) groups is 2. The van der Waals surface area contributed by atoms with Crippen LogP contribution in [0.4, 0.5) is 0 Å². The normalized spacial score (nSPS) is 43.4. The Labute approximate surface area is 174 Å². The van der Waals surface area contributed by atoms with Gasteiger partial charge < -0.3 is 15.5 Å². The van der Waals surface area contributed by atoms with Crippen molar-refractivity contribution >= 4 is 11.7 Å². The molecule has 5 nitrogen and oxygen atoms in total. The molecule has 1 spiro atoms. The van der Waals surface area contributed by atoms with Crippen LogP contribution in [0.3, 0.4) is 0 Å². The van der Waals surface area contributed by atoms with Crippen molar-refractivity contribution in [2.24, 2.45) is 29.1 Å². The lowest BCUT2D eigenvalue weighted by molar-refractivity contribution is -0.142. The second-order valence-electron chi connectivity index (χ2n) is 9.66. The average Bonchev–Trinajstić information content (AvgIpc) is 2.93. The molecule has 1 saturated heterocycles. The van der Waals surface area contributed by atoms with Crippen molar-refractivity contribution in [3.05, 3.63) is 35.5 Å². The smallest absolute Gasteiger partial charge is 0.235 e. The minimum absolute atomic E-state index is 0.0599. The van der Waals surface area contributed by atoms with Gasteiger partial charge in [0.15, 0.2) is 5.78 Å². The summed E-state index contributed by atoms with van der Waals surface area (Å²) in [6.07, 6.45) is 6.60. The van der Waals surface area contributed by atoms with E-state index in [1.165, 1.54) is 17.7 Å². The molecule has 0 unspecified atom stereocenters. The molecule has 0 aromatic carbocycles. The van der Waals surface area contributed by atoms with Crippen LogP contribution in [0.5, 0.6) is 0 Å². The van der Waals surface area contributed by atoms with Gasteiger partial charge in [0.25, 0.3) is 0 Å². The van der Waals surface area contributed by atoms with Crippen molar-refractivity contribution in [3.8, 4) is 0 Å². The number of hydrogen-bond donors (Lipinski definition) is 3. The van der Waals surface area contributed by atoms with Gasteiger partial charge in [-0.25, -0.2) is 0 Å². The molecule has 2 aliphatic carbocycles. The molecule has 160 valence electrons. The van der Waals surface area contributed by atoms with Gasteiger partial charge in [-0.3, -0.25) is 9.59 Å². The number of allylic oxidation sites excluding steroid dienone is 5. The summed E-state index contributed by atoms with van der Waals surface area (Å²) in [6, 6.07) is -0.0599. The van der Waals surface area contributed by atoms with Gasteiger partial charge in [0.05, 0.1) is 12.2 Å². The summed E-state index contributed by atoms with van der Waals surface area (Å²) in [6.45, 7) is 10.4. The van der Waals surface area contributed by atoms with Gasteiger partial charge in [0, 0.05) is 17.9 Å². The van der Waals surface area contributed by atoms with Gasteiger partial charge in [0.2, 0.25) is 5.91 Å². The highest BCUT2D eigenvalue weighted by Crippen LogP contribution is 2.55. The Morgan fingerprint density at radius 2 is 1.90 bits per heavy atom. The van der Waals surface area contributed by atoms with E-state index in [2.05, 4.69) is 39.1 Å². The summed E-state index contributed by atoms with van der Waals surface area (Å²) in [5, 5.41) is 23.6. The maximum absolute atomic E-state index is 13.6. The molecule has 1 aliphatic heterocycles. The summed E-state index contributed by atoms with van der Waals surface area (Å²) in [7, 11) is 0. The molecule has 29 heavy (non-hydrogen) atoms. The fourth-order valence-corrected chi connectivity index (χ4v) is 5.53. The Kier molecular flexibility index (Phi) is 6.21. The van der Waals surface area contributed by atoms with Gasteiger partial charge in [-0.05, 0) is 51.0 Å². The molecule has 3 rings (SSSR count). The SMILES string of the molecule is CC1=C[C@H]2/C=C(/C)CC[C@H](O)[C@H](O)/C=C\C(=O)[C@@]23C(=O)N[C@@H](CC(C)C)[C@H]3[C@H]1C. The largest absolute Gasteiger partial charge is 0.390 e. The third kappa shape index (κ3) is 3.75. The monoisotopic (exact) mass is 401 g/mol. The van der Waals surface area contributed by atoms with E-state index in [-0.39, 0.29) is 35.5 Å². The molecule has 3 aliphatic rings. The van der Waals surface area contributed by atoms with Crippen LogP contribution >= 0.6 is 0 Å². The van der Waals surface area contributed by atoms with E-state index in [1.54, 1.807) is 0 Å². The summed E-state index contributed by atoms with van der Waals surface area (Å²) in [5.74, 6) is -0.455. The number of carbonyl (C=O) groups excluding carboxylic acids is 2. The van der Waals surface area contributed by atoms with Crippen LogP contribution < -0.4 is 5.32 Å². The molecule has 0 aromatic heterocycles. The van der Waals surface area contributed by atoms with Crippen molar-refractivity contribution < 1.29 is 19.8 Å². The number of aliphatic hydroxyl groups excluding tert-OH is 2. The summed E-state index contributed by atoms with van der Waals surface area (Å²) in [4.78, 5) is 27.1. The summed E-state index contributed by atoms with van der Waals surface area (Å²) in [5.41, 5.74) is 1.02. The molecular weight excluding hydrogens is 366 g/mol. The molecule has 0 saturated carbocycles. The van der Waals surface area contributed by atoms with Crippen LogP contribution in [-0.4, -0.2) is 40.2 Å². The predicted molar refractivity (Wildman–Crippen MR) is 113 cm³/mol. The minimum atomic E-state index is -1.20. The highest BCUT2D eigenvalue weighted by molar-refractivity contribution is 6.13. The van der Waals surface area contributed by atoms with Crippen LogP contribution in [0, 0.1) is 29.1 Å². The van der Waals surface area contributed by atoms with Crippen LogP contribution in [0.25, 0.3) is 0 Å². The van der Waals surface area contributed by atoms with Crippen molar-refractivity contribution in [3.63, 3.8) is 0 Å². The van der Waals surface area contributed by atoms with Crippen molar-refractivity contribution in [1.82, 2.24) is 5.32 Å². The van der Waals surface area contributed by atoms with Gasteiger partial charge in [0.1, 0.15) is 5.41 Å². The van der Waals surface area contributed by atoms with Gasteiger partial charge >= 0.3 is 0 Å². The van der Waals surface area contributed by atoms with Crippen molar-refractivity contribution in [2.75, 3.05) is 0 Å². The molecule has 0 aromatic rings. The first kappa shape index (κ1) is 22.0. The molecule has 1 heterocycles. The third-order valence-electron chi connectivity index (χ3n) is 7.15. The first-order valence-electron chi connectivity index (χ1n) is 10.8. The zero-order chi connectivity index (χ0) is 21.5. The average molecular weight is 402 g/mol. The molecule has 5 heteroatoms. The lowest BCUT2D eigenvalue weighted by Gasteiger charge is -2.44. The third-order valence-corrected chi connectivity index (χ3v) is 7.15. The van der Waals surface area contributed by atoms with Crippen LogP contribution in [-0.2, 0) is 9.59 Å². The lowest BCUT2D eigenvalue weighted by atomic mass is 9.55. The summed E-state index contributed by atoms with van der Waals surface area (Å²) < 4.78 is 0. The summed E-state index contributed by atoms with van der Waals surface area (Å²) >= 11 is 0. The molecule has 1 fully saturated rings. The fourth-order valence-electron chi connectivity index (χ4n) is 5.53. The minimum Gasteiger partial charge on any atom is -0.390 e. The first-order valence-corrected chi connectivity index (χ1v) is 10.8. The second kappa shape index (κ2) is 8.19. The standard InChI is InChI=1S/C24H35NO4/c1-13(2)10-18-22-16(5)15(4)12-17-11-14(3)6-7-19(26)20(27)8-9-21(28)24(17,22)23(29)25-18/h8-9,11-13,16-20,22,26-27H,6-7,10H2,1-5H3,(H,25,29)/b9-8-,14-11-/t16-,17+,18-,19-,20+,22+,24-/m0/s1. The van der Waals surface area contributed by atoms with E-state index < -0.39 is 17.6 Å². The fraction of sp³-hybridized carbons (Fsp3) is 0.667. The van der Waals surface area contributed by atoms with E-state index in [1.807, 2.05) is 13.0 Å². The van der Waals surface area contributed by atoms with Gasteiger partial charge in [-0.2, -0.15) is 0 Å². The maximum atomic E-state index is 13.6. The number of rotatable bonds is 2. The topological polar surface area (TPSA) is 86.6 Å². The molecule has 0 radical (unpaired) electrons. The molecule has 0 bridgehead atoms. The van der Waals surface area contributed by atoms with E-state index in [9.17, 15) is 19.8 Å². The second-order valence-corrected chi connectivity index (χ2v) is 9.66. The number of amides is 1. The number of nitrogens with one attached hydrogen (secondary N) is 1. The van der Waals surface area contributed by atoms with E-state index >= 15 is 0 Å². The van der Waals surface area contributed by atoms with Crippen LogP contribution in [0.2, 0.25) is 0 Å². The number of ketones is 1. The van der Waals surface area contributed by atoms with Gasteiger partial charge in [-0.1, -0.05) is 50.1 Å². The Bertz CT molecular complexity index is 765. The maximum Gasteiger partial charge on any atom is 0.235 e. The number of hydrogen-bond acceptors (Lipinski definition) is 4. The molecular formula is C24H35NO4. The van der Waals surface area contributed by atoms with Crippen molar-refractivity contribution in [2.45, 2.75) is 72.1 Å². The highest BCUT2D eigenvalue weighted by Gasteiger charge is 2.64. The zero-order valence-corrected chi connectivity index (χ0v) is 18.2. The highest BCUT2D eigenvalue weighted by atomic mass is 16.3. The molecule has 7 atom stereocenters. The van der Waals surface area contributed by atoms with Crippen molar-refractivity contribution in [1.29, 1.82) is 0 Å². The van der Waals surface area contributed by atoms with Crippen LogP contribution in [0.15, 0.2) is 35.5 Å². The van der Waals surface area contributed by atoms with E-state index in [0.717, 1.165) is 12.0 Å². The number of aliphatic hydroxyl groups is 2. The molecule has 3 N–H and O–H groups in total. The van der Waals surface area contributed by atoms with Gasteiger partial charge in [-0.15, -0.1) is 0 Å². The Morgan fingerprint density at radius 1 is 1.21 bits per heavy atom. The Hall–Kier alpha value is -1.72. The van der Waals surface area contributed by atoms with Crippen LogP contribution in [0.1, 0.15) is 53.9 Å². The Balaban J connectivity index is 2.20.